The molecule has 1 aliphatic rings. The summed E-state index contributed by atoms with van der Waals surface area (Å²) in [5, 5.41) is 12.6. The molecule has 146 valence electrons. The SMILES string of the molecule is CNC[C@@H]1Oc2c(NS(C)(=O)=O)cccc2C(=O)N([C@H](C)CO)C[C@@H]1C. The Morgan fingerprint density at radius 3 is 2.69 bits per heavy atom. The smallest absolute Gasteiger partial charge is 0.258 e. The number of para-hydroxylation sites is 1. The van der Waals surface area contributed by atoms with E-state index in [1.165, 1.54) is 0 Å². The molecule has 1 amide bonds. The first-order valence-corrected chi connectivity index (χ1v) is 10.4. The van der Waals surface area contributed by atoms with Crippen LogP contribution in [0.15, 0.2) is 18.2 Å². The largest absolute Gasteiger partial charge is 0.486 e. The van der Waals surface area contributed by atoms with Crippen LogP contribution >= 0.6 is 0 Å². The minimum absolute atomic E-state index is 0.0279. The molecule has 0 radical (unpaired) electrons. The number of fused-ring (bicyclic) bond motifs is 1. The van der Waals surface area contributed by atoms with Crippen LogP contribution in [-0.4, -0.2) is 69.5 Å². The minimum Gasteiger partial charge on any atom is -0.486 e. The number of anilines is 1. The van der Waals surface area contributed by atoms with Crippen molar-refractivity contribution in [2.45, 2.75) is 26.0 Å². The Kier molecular flexibility index (Phi) is 6.48. The third kappa shape index (κ3) is 4.66. The van der Waals surface area contributed by atoms with E-state index in [4.69, 9.17) is 4.74 Å². The van der Waals surface area contributed by atoms with E-state index in [2.05, 4.69) is 10.0 Å². The van der Waals surface area contributed by atoms with Crippen LogP contribution in [-0.2, 0) is 10.0 Å². The Morgan fingerprint density at radius 1 is 1.42 bits per heavy atom. The zero-order chi connectivity index (χ0) is 19.5. The van der Waals surface area contributed by atoms with Crippen molar-refractivity contribution in [1.82, 2.24) is 10.2 Å². The molecular formula is C17H27N3O5S. The number of benzene rings is 1. The highest BCUT2D eigenvalue weighted by Gasteiger charge is 2.33. The lowest BCUT2D eigenvalue weighted by Gasteiger charge is -2.37. The highest BCUT2D eigenvalue weighted by atomic mass is 32.2. The molecule has 9 heteroatoms. The van der Waals surface area contributed by atoms with Crippen LogP contribution in [0.3, 0.4) is 0 Å². The molecule has 0 aromatic heterocycles. The zero-order valence-electron chi connectivity index (χ0n) is 15.5. The molecular weight excluding hydrogens is 358 g/mol. The van der Waals surface area contributed by atoms with Crippen LogP contribution in [0, 0.1) is 5.92 Å². The molecule has 1 aromatic rings. The number of hydrogen-bond acceptors (Lipinski definition) is 6. The number of ether oxygens (including phenoxy) is 1. The van der Waals surface area contributed by atoms with Gasteiger partial charge in [-0.05, 0) is 26.1 Å². The lowest BCUT2D eigenvalue weighted by molar-refractivity contribution is 0.0417. The van der Waals surface area contributed by atoms with Gasteiger partial charge in [-0.25, -0.2) is 8.42 Å². The summed E-state index contributed by atoms with van der Waals surface area (Å²) < 4.78 is 31.9. The first-order chi connectivity index (χ1) is 12.2. The fraction of sp³-hybridized carbons (Fsp3) is 0.588. The number of carbonyl (C=O) groups excluding carboxylic acids is 1. The monoisotopic (exact) mass is 385 g/mol. The van der Waals surface area contributed by atoms with Crippen LogP contribution in [0.5, 0.6) is 5.75 Å². The predicted molar refractivity (Wildman–Crippen MR) is 100.0 cm³/mol. The third-order valence-electron chi connectivity index (χ3n) is 4.39. The topological polar surface area (TPSA) is 108 Å². The molecule has 0 bridgehead atoms. The van der Waals surface area contributed by atoms with E-state index in [1.807, 2.05) is 6.92 Å². The van der Waals surface area contributed by atoms with E-state index < -0.39 is 10.0 Å². The third-order valence-corrected chi connectivity index (χ3v) is 4.98. The van der Waals surface area contributed by atoms with E-state index in [-0.39, 0.29) is 47.6 Å². The van der Waals surface area contributed by atoms with Crippen LogP contribution in [0.4, 0.5) is 5.69 Å². The molecule has 0 aliphatic carbocycles. The van der Waals surface area contributed by atoms with Crippen molar-refractivity contribution < 1.29 is 23.1 Å². The van der Waals surface area contributed by atoms with E-state index in [1.54, 1.807) is 37.1 Å². The first-order valence-electron chi connectivity index (χ1n) is 8.51. The number of rotatable bonds is 6. The minimum atomic E-state index is -3.54. The predicted octanol–water partition coefficient (Wildman–Crippen LogP) is 0.498. The van der Waals surface area contributed by atoms with Crippen molar-refractivity contribution >= 4 is 21.6 Å². The maximum Gasteiger partial charge on any atom is 0.258 e. The summed E-state index contributed by atoms with van der Waals surface area (Å²) in [5.41, 5.74) is 0.497. The molecule has 1 aromatic carbocycles. The number of hydrogen-bond donors (Lipinski definition) is 3. The van der Waals surface area contributed by atoms with Gasteiger partial charge in [0.05, 0.1) is 30.2 Å². The number of likely N-dealkylation sites (N-methyl/N-ethyl adjacent to an activating group) is 1. The summed E-state index contributed by atoms with van der Waals surface area (Å²) >= 11 is 0. The van der Waals surface area contributed by atoms with Crippen molar-refractivity contribution in [3.63, 3.8) is 0 Å². The molecule has 0 spiro atoms. The second-order valence-electron chi connectivity index (χ2n) is 6.74. The normalized spacial score (nSPS) is 22.0. The lowest BCUT2D eigenvalue weighted by atomic mass is 9.99. The summed E-state index contributed by atoms with van der Waals surface area (Å²) in [4.78, 5) is 14.7. The van der Waals surface area contributed by atoms with Crippen molar-refractivity contribution in [3.8, 4) is 5.75 Å². The van der Waals surface area contributed by atoms with Gasteiger partial charge in [0.15, 0.2) is 5.75 Å². The Bertz CT molecular complexity index is 753. The van der Waals surface area contributed by atoms with E-state index in [0.717, 1.165) is 6.26 Å². The molecule has 0 saturated heterocycles. The Balaban J connectivity index is 2.59. The van der Waals surface area contributed by atoms with Gasteiger partial charge in [0.25, 0.3) is 5.91 Å². The van der Waals surface area contributed by atoms with Gasteiger partial charge in [-0.1, -0.05) is 13.0 Å². The number of aliphatic hydroxyl groups excluding tert-OH is 1. The van der Waals surface area contributed by atoms with Gasteiger partial charge in [-0.2, -0.15) is 0 Å². The van der Waals surface area contributed by atoms with Gasteiger partial charge >= 0.3 is 0 Å². The summed E-state index contributed by atoms with van der Waals surface area (Å²) in [5.74, 6) is -0.113. The number of sulfonamides is 1. The molecule has 26 heavy (non-hydrogen) atoms. The van der Waals surface area contributed by atoms with Gasteiger partial charge in [-0.3, -0.25) is 9.52 Å². The number of nitrogens with zero attached hydrogens (tertiary/aromatic N) is 1. The molecule has 0 saturated carbocycles. The van der Waals surface area contributed by atoms with Crippen LogP contribution in [0.1, 0.15) is 24.2 Å². The standard InChI is InChI=1S/C17H27N3O5S/c1-11-9-20(12(2)10-21)17(22)13-6-5-7-14(19-26(4,23)24)16(13)25-15(11)8-18-3/h5-7,11-12,15,18-19,21H,8-10H2,1-4H3/t11-,12+,15-/m0/s1. The average Bonchev–Trinajstić information content (AvgIpc) is 2.56. The number of aliphatic hydroxyl groups is 1. The molecule has 3 N–H and O–H groups in total. The van der Waals surface area contributed by atoms with Crippen molar-refractivity contribution in [2.24, 2.45) is 5.92 Å². The maximum absolute atomic E-state index is 13.1. The van der Waals surface area contributed by atoms with E-state index in [0.29, 0.717) is 13.1 Å². The van der Waals surface area contributed by atoms with E-state index in [9.17, 15) is 18.3 Å². The van der Waals surface area contributed by atoms with Crippen molar-refractivity contribution in [2.75, 3.05) is 37.7 Å². The van der Waals surface area contributed by atoms with Crippen molar-refractivity contribution in [3.05, 3.63) is 23.8 Å². The van der Waals surface area contributed by atoms with Crippen LogP contribution < -0.4 is 14.8 Å². The fourth-order valence-electron chi connectivity index (χ4n) is 2.97. The number of nitrogens with one attached hydrogen (secondary N) is 2. The molecule has 3 atom stereocenters. The quantitative estimate of drug-likeness (QED) is 0.658. The maximum atomic E-state index is 13.1. The molecule has 8 nitrogen and oxygen atoms in total. The fourth-order valence-corrected chi connectivity index (χ4v) is 3.53. The molecule has 1 aliphatic heterocycles. The van der Waals surface area contributed by atoms with Gasteiger partial charge in [0.2, 0.25) is 10.0 Å². The number of carbonyl (C=O) groups is 1. The Morgan fingerprint density at radius 2 is 2.12 bits per heavy atom. The number of amides is 1. The molecule has 1 heterocycles. The Hall–Kier alpha value is -1.84. The summed E-state index contributed by atoms with van der Waals surface area (Å²) in [6, 6.07) is 4.41. The summed E-state index contributed by atoms with van der Waals surface area (Å²) in [6.45, 7) is 4.54. The van der Waals surface area contributed by atoms with E-state index >= 15 is 0 Å². The zero-order valence-corrected chi connectivity index (χ0v) is 16.3. The average molecular weight is 385 g/mol. The second-order valence-corrected chi connectivity index (χ2v) is 8.49. The lowest BCUT2D eigenvalue weighted by Crippen LogP contribution is -2.49. The first kappa shape index (κ1) is 20.5. The molecule has 2 rings (SSSR count). The second kappa shape index (κ2) is 8.24. The van der Waals surface area contributed by atoms with Crippen molar-refractivity contribution in [1.29, 1.82) is 0 Å². The summed E-state index contributed by atoms with van der Waals surface area (Å²) in [6.07, 6.45) is 0.771. The Labute approximate surface area is 154 Å². The molecule has 0 fully saturated rings. The van der Waals surface area contributed by atoms with Gasteiger partial charge < -0.3 is 20.1 Å². The highest BCUT2D eigenvalue weighted by molar-refractivity contribution is 7.92. The van der Waals surface area contributed by atoms with Crippen LogP contribution in [0.25, 0.3) is 0 Å². The highest BCUT2D eigenvalue weighted by Crippen LogP contribution is 2.35. The molecule has 0 unspecified atom stereocenters. The van der Waals surface area contributed by atoms with Crippen LogP contribution in [0.2, 0.25) is 0 Å². The summed E-state index contributed by atoms with van der Waals surface area (Å²) in [7, 11) is -1.74. The van der Waals surface area contributed by atoms with Gasteiger partial charge in [0, 0.05) is 19.0 Å². The van der Waals surface area contributed by atoms with Gasteiger partial charge in [0.1, 0.15) is 6.10 Å². The van der Waals surface area contributed by atoms with Gasteiger partial charge in [-0.15, -0.1) is 0 Å².